The van der Waals surface area contributed by atoms with Crippen molar-refractivity contribution < 1.29 is 19.1 Å². The predicted molar refractivity (Wildman–Crippen MR) is 140 cm³/mol. The number of hydrogen-bond acceptors (Lipinski definition) is 5. The molecule has 0 aromatic heterocycles. The summed E-state index contributed by atoms with van der Waals surface area (Å²) in [5.41, 5.74) is 3.45. The fourth-order valence-corrected chi connectivity index (χ4v) is 3.70. The number of esters is 1. The summed E-state index contributed by atoms with van der Waals surface area (Å²) in [6, 6.07) is 23.8. The molecule has 180 valence electrons. The molecule has 7 nitrogen and oxygen atoms in total. The highest BCUT2D eigenvalue weighted by molar-refractivity contribution is 6.33. The van der Waals surface area contributed by atoms with E-state index in [4.69, 9.17) is 27.9 Å². The van der Waals surface area contributed by atoms with Crippen LogP contribution in [0.25, 0.3) is 10.8 Å². The van der Waals surface area contributed by atoms with E-state index in [-0.39, 0.29) is 22.9 Å². The zero-order valence-corrected chi connectivity index (χ0v) is 20.2. The van der Waals surface area contributed by atoms with Gasteiger partial charge in [0.25, 0.3) is 11.8 Å². The number of benzene rings is 4. The maximum absolute atomic E-state index is 12.7. The van der Waals surface area contributed by atoms with Gasteiger partial charge in [0.2, 0.25) is 0 Å². The van der Waals surface area contributed by atoms with E-state index in [2.05, 4.69) is 15.8 Å². The second-order valence-corrected chi connectivity index (χ2v) is 8.39. The minimum atomic E-state index is -0.567. The summed E-state index contributed by atoms with van der Waals surface area (Å²) in [7, 11) is 0. The van der Waals surface area contributed by atoms with Crippen LogP contribution in [0.2, 0.25) is 10.0 Å². The average Bonchev–Trinajstić information content (AvgIpc) is 2.89. The number of halogens is 2. The van der Waals surface area contributed by atoms with Gasteiger partial charge in [0.1, 0.15) is 5.75 Å². The standard InChI is InChI=1S/C27H19Cl2N3O4/c28-19-12-9-18(10-13-19)27(35)36-24-14-11-17-5-1-2-6-20(17)22(24)15-31-32-25(33)16-30-26(34)21-7-3-4-8-23(21)29/h1-15H,16H2,(H,30,34)(H,32,33). The van der Waals surface area contributed by atoms with E-state index in [1.54, 1.807) is 54.6 Å². The van der Waals surface area contributed by atoms with Crippen molar-refractivity contribution in [3.63, 3.8) is 0 Å². The number of amides is 2. The van der Waals surface area contributed by atoms with Crippen molar-refractivity contribution in [2.24, 2.45) is 5.10 Å². The fourth-order valence-electron chi connectivity index (χ4n) is 3.35. The molecule has 36 heavy (non-hydrogen) atoms. The zero-order valence-electron chi connectivity index (χ0n) is 18.7. The van der Waals surface area contributed by atoms with Crippen LogP contribution in [0.4, 0.5) is 0 Å². The minimum Gasteiger partial charge on any atom is -0.422 e. The molecule has 0 aliphatic carbocycles. The summed E-state index contributed by atoms with van der Waals surface area (Å²) in [5, 5.41) is 8.94. The Balaban J connectivity index is 1.47. The maximum atomic E-state index is 12.7. The van der Waals surface area contributed by atoms with Gasteiger partial charge in [-0.3, -0.25) is 9.59 Å². The molecule has 0 saturated heterocycles. The van der Waals surface area contributed by atoms with E-state index in [0.29, 0.717) is 16.1 Å². The lowest BCUT2D eigenvalue weighted by Crippen LogP contribution is -2.35. The number of hydrazone groups is 1. The zero-order chi connectivity index (χ0) is 25.5. The Bertz CT molecular complexity index is 1470. The predicted octanol–water partition coefficient (Wildman–Crippen LogP) is 5.25. The third kappa shape index (κ3) is 6.07. The summed E-state index contributed by atoms with van der Waals surface area (Å²) in [6.07, 6.45) is 1.39. The number of nitrogens with zero attached hydrogens (tertiary/aromatic N) is 1. The third-order valence-electron chi connectivity index (χ3n) is 5.12. The molecule has 0 spiro atoms. The van der Waals surface area contributed by atoms with Crippen molar-refractivity contribution in [1.29, 1.82) is 0 Å². The molecular weight excluding hydrogens is 501 g/mol. The summed E-state index contributed by atoms with van der Waals surface area (Å²) in [5.74, 6) is -1.33. The van der Waals surface area contributed by atoms with Crippen molar-refractivity contribution in [1.82, 2.24) is 10.7 Å². The summed E-state index contributed by atoms with van der Waals surface area (Å²) in [4.78, 5) is 37.1. The number of nitrogens with one attached hydrogen (secondary N) is 2. The second-order valence-electron chi connectivity index (χ2n) is 7.55. The van der Waals surface area contributed by atoms with Gasteiger partial charge in [0.05, 0.1) is 28.9 Å². The van der Waals surface area contributed by atoms with Crippen LogP contribution in [0.15, 0.2) is 90.0 Å². The molecule has 0 bridgehead atoms. The Labute approximate surface area is 216 Å². The number of carbonyl (C=O) groups excluding carboxylic acids is 3. The highest BCUT2D eigenvalue weighted by Crippen LogP contribution is 2.27. The Hall–Kier alpha value is -4.20. The Morgan fingerprint density at radius 2 is 1.58 bits per heavy atom. The first kappa shape index (κ1) is 24.9. The molecule has 4 rings (SSSR count). The van der Waals surface area contributed by atoms with Crippen LogP contribution in [0.1, 0.15) is 26.3 Å². The van der Waals surface area contributed by atoms with Gasteiger partial charge in [-0.05, 0) is 53.2 Å². The summed E-state index contributed by atoms with van der Waals surface area (Å²) in [6.45, 7) is -0.310. The van der Waals surface area contributed by atoms with Gasteiger partial charge in [0.15, 0.2) is 0 Å². The van der Waals surface area contributed by atoms with Crippen molar-refractivity contribution in [2.45, 2.75) is 0 Å². The topological polar surface area (TPSA) is 96.9 Å². The second kappa shape index (κ2) is 11.5. The molecule has 0 saturated carbocycles. The van der Waals surface area contributed by atoms with Gasteiger partial charge >= 0.3 is 5.97 Å². The maximum Gasteiger partial charge on any atom is 0.343 e. The molecule has 0 heterocycles. The van der Waals surface area contributed by atoms with Crippen LogP contribution < -0.4 is 15.5 Å². The van der Waals surface area contributed by atoms with Crippen LogP contribution in [-0.2, 0) is 4.79 Å². The Kier molecular flexibility index (Phi) is 7.95. The van der Waals surface area contributed by atoms with Crippen LogP contribution in [0.5, 0.6) is 5.75 Å². The summed E-state index contributed by atoms with van der Waals surface area (Å²) < 4.78 is 5.62. The average molecular weight is 520 g/mol. The lowest BCUT2D eigenvalue weighted by molar-refractivity contribution is -0.120. The smallest absolute Gasteiger partial charge is 0.343 e. The van der Waals surface area contributed by atoms with E-state index in [1.165, 1.54) is 6.21 Å². The quantitative estimate of drug-likeness (QED) is 0.151. The third-order valence-corrected chi connectivity index (χ3v) is 5.71. The van der Waals surface area contributed by atoms with E-state index in [0.717, 1.165) is 10.8 Å². The fraction of sp³-hybridized carbons (Fsp3) is 0.0370. The van der Waals surface area contributed by atoms with E-state index in [9.17, 15) is 14.4 Å². The molecule has 0 atom stereocenters. The highest BCUT2D eigenvalue weighted by Gasteiger charge is 2.14. The first-order chi connectivity index (χ1) is 17.4. The highest BCUT2D eigenvalue weighted by atomic mass is 35.5. The van der Waals surface area contributed by atoms with Crippen LogP contribution in [0, 0.1) is 0 Å². The SMILES string of the molecule is O=C(CNC(=O)c1ccccc1Cl)NN=Cc1c(OC(=O)c2ccc(Cl)cc2)ccc2ccccc12. The van der Waals surface area contributed by atoms with Crippen molar-refractivity contribution in [3.05, 3.63) is 112 Å². The van der Waals surface area contributed by atoms with Crippen molar-refractivity contribution in [2.75, 3.05) is 6.54 Å². The molecule has 4 aromatic carbocycles. The lowest BCUT2D eigenvalue weighted by Gasteiger charge is -2.11. The molecule has 0 aliphatic heterocycles. The molecule has 9 heteroatoms. The monoisotopic (exact) mass is 519 g/mol. The van der Waals surface area contributed by atoms with Gasteiger partial charge < -0.3 is 10.1 Å². The Morgan fingerprint density at radius 3 is 2.36 bits per heavy atom. The number of carbonyl (C=O) groups is 3. The molecule has 0 unspecified atom stereocenters. The molecule has 0 aliphatic rings. The first-order valence-electron chi connectivity index (χ1n) is 10.8. The van der Waals surface area contributed by atoms with E-state index in [1.807, 2.05) is 30.3 Å². The van der Waals surface area contributed by atoms with Gasteiger partial charge in [-0.2, -0.15) is 5.10 Å². The van der Waals surface area contributed by atoms with Gasteiger partial charge in [-0.25, -0.2) is 10.2 Å². The number of rotatable bonds is 7. The van der Waals surface area contributed by atoms with Gasteiger partial charge in [-0.15, -0.1) is 0 Å². The van der Waals surface area contributed by atoms with Gasteiger partial charge in [-0.1, -0.05) is 65.7 Å². The van der Waals surface area contributed by atoms with Crippen molar-refractivity contribution in [3.8, 4) is 5.75 Å². The van der Waals surface area contributed by atoms with Gasteiger partial charge in [0, 0.05) is 10.6 Å². The van der Waals surface area contributed by atoms with Crippen molar-refractivity contribution >= 4 is 58.0 Å². The molecule has 0 fully saturated rings. The number of hydrogen-bond donors (Lipinski definition) is 2. The van der Waals surface area contributed by atoms with E-state index >= 15 is 0 Å². The molecule has 2 amide bonds. The van der Waals surface area contributed by atoms with Crippen LogP contribution in [0.3, 0.4) is 0 Å². The lowest BCUT2D eigenvalue weighted by atomic mass is 10.0. The molecule has 0 radical (unpaired) electrons. The van der Waals surface area contributed by atoms with E-state index < -0.39 is 17.8 Å². The number of fused-ring (bicyclic) bond motifs is 1. The minimum absolute atomic E-state index is 0.262. The molecular formula is C27H19Cl2N3O4. The molecule has 2 N–H and O–H groups in total. The Morgan fingerprint density at radius 1 is 0.861 bits per heavy atom. The normalized spacial score (nSPS) is 10.8. The van der Waals surface area contributed by atoms with Crippen LogP contribution in [-0.4, -0.2) is 30.5 Å². The molecule has 4 aromatic rings. The summed E-state index contributed by atoms with van der Waals surface area (Å²) >= 11 is 11.9. The number of ether oxygens (including phenoxy) is 1. The van der Waals surface area contributed by atoms with Crippen LogP contribution >= 0.6 is 23.2 Å². The largest absolute Gasteiger partial charge is 0.422 e. The first-order valence-corrected chi connectivity index (χ1v) is 11.5.